The molecule has 0 bridgehead atoms. The summed E-state index contributed by atoms with van der Waals surface area (Å²) in [7, 11) is 0. The molecular formula is C24H25FN2O4S2. The van der Waals surface area contributed by atoms with Gasteiger partial charge in [0.25, 0.3) is 5.91 Å². The zero-order valence-electron chi connectivity index (χ0n) is 18.3. The fraction of sp³-hybridized carbons (Fsp3) is 0.292. The third kappa shape index (κ3) is 6.06. The van der Waals surface area contributed by atoms with Gasteiger partial charge in [-0.1, -0.05) is 18.2 Å². The van der Waals surface area contributed by atoms with Gasteiger partial charge >= 0.3 is 5.97 Å². The van der Waals surface area contributed by atoms with E-state index in [2.05, 4.69) is 0 Å². The van der Waals surface area contributed by atoms with Crippen LogP contribution in [0.15, 0.2) is 53.9 Å². The lowest BCUT2D eigenvalue weighted by molar-refractivity contribution is -0.137. The quantitative estimate of drug-likeness (QED) is 0.428. The van der Waals surface area contributed by atoms with Gasteiger partial charge in [-0.3, -0.25) is 14.4 Å². The van der Waals surface area contributed by atoms with Crippen LogP contribution in [0.5, 0.6) is 0 Å². The predicted molar refractivity (Wildman–Crippen MR) is 128 cm³/mol. The number of carboxylic acid groups (broad SMARTS) is 1. The third-order valence-corrected chi connectivity index (χ3v) is 7.41. The lowest BCUT2D eigenvalue weighted by atomic mass is 9.89. The Morgan fingerprint density at radius 1 is 1.09 bits per heavy atom. The zero-order valence-corrected chi connectivity index (χ0v) is 19.9. The zero-order chi connectivity index (χ0) is 24.2. The van der Waals surface area contributed by atoms with Crippen LogP contribution in [0.25, 0.3) is 9.75 Å². The Morgan fingerprint density at radius 3 is 2.36 bits per heavy atom. The van der Waals surface area contributed by atoms with Crippen molar-refractivity contribution in [1.29, 1.82) is 0 Å². The lowest BCUT2D eigenvalue weighted by Gasteiger charge is -2.42. The van der Waals surface area contributed by atoms with Crippen LogP contribution < -0.4 is 5.73 Å². The summed E-state index contributed by atoms with van der Waals surface area (Å²) in [5.74, 6) is -2.63. The number of hydrogen-bond donors (Lipinski definition) is 2. The molecule has 3 aromatic rings. The van der Waals surface area contributed by atoms with E-state index in [1.165, 1.54) is 28.4 Å². The number of halogens is 1. The van der Waals surface area contributed by atoms with Gasteiger partial charge in [-0.05, 0) is 68.0 Å². The number of thiophene rings is 2. The Morgan fingerprint density at radius 2 is 1.79 bits per heavy atom. The molecule has 0 fully saturated rings. The molecule has 2 aromatic heterocycles. The van der Waals surface area contributed by atoms with E-state index in [-0.39, 0.29) is 18.7 Å². The Bertz CT molecular complexity index is 1120. The number of carbonyl (C=O) groups excluding carboxylic acids is 2. The summed E-state index contributed by atoms with van der Waals surface area (Å²) in [5, 5.41) is 11.1. The molecule has 2 amide bonds. The molecule has 0 radical (unpaired) electrons. The van der Waals surface area contributed by atoms with Crippen LogP contribution in [0.3, 0.4) is 0 Å². The van der Waals surface area contributed by atoms with E-state index in [1.54, 1.807) is 43.4 Å². The minimum Gasteiger partial charge on any atom is -0.481 e. The summed E-state index contributed by atoms with van der Waals surface area (Å²) in [4.78, 5) is 41.1. The fourth-order valence-corrected chi connectivity index (χ4v) is 5.58. The topological polar surface area (TPSA) is 101 Å². The highest BCUT2D eigenvalue weighted by Gasteiger charge is 2.40. The number of carbonyl (C=O) groups is 3. The largest absolute Gasteiger partial charge is 0.481 e. The fourth-order valence-electron chi connectivity index (χ4n) is 3.81. The van der Waals surface area contributed by atoms with Crippen molar-refractivity contribution in [3.05, 3.63) is 70.2 Å². The van der Waals surface area contributed by atoms with Crippen molar-refractivity contribution in [2.45, 2.75) is 44.7 Å². The van der Waals surface area contributed by atoms with Crippen molar-refractivity contribution in [3.63, 3.8) is 0 Å². The van der Waals surface area contributed by atoms with Gasteiger partial charge in [0.15, 0.2) is 0 Å². The van der Waals surface area contributed by atoms with Crippen LogP contribution in [0.4, 0.5) is 4.39 Å². The van der Waals surface area contributed by atoms with Gasteiger partial charge in [0.2, 0.25) is 5.91 Å². The number of nitrogens with two attached hydrogens (primary N) is 1. The molecule has 3 rings (SSSR count). The number of carboxylic acids is 1. The first-order chi connectivity index (χ1) is 15.6. The minimum atomic E-state index is -1.11. The first kappa shape index (κ1) is 24.6. The molecule has 6 nitrogen and oxygen atoms in total. The van der Waals surface area contributed by atoms with Crippen molar-refractivity contribution in [3.8, 4) is 9.75 Å². The Kier molecular flexibility index (Phi) is 7.65. The Labute approximate surface area is 199 Å². The third-order valence-electron chi connectivity index (χ3n) is 5.27. The molecule has 0 aliphatic rings. The van der Waals surface area contributed by atoms with Gasteiger partial charge in [0.1, 0.15) is 11.9 Å². The van der Waals surface area contributed by atoms with E-state index in [9.17, 15) is 18.8 Å². The molecule has 9 heteroatoms. The van der Waals surface area contributed by atoms with E-state index >= 15 is 0 Å². The van der Waals surface area contributed by atoms with Gasteiger partial charge in [-0.15, -0.1) is 22.7 Å². The van der Waals surface area contributed by atoms with Crippen LogP contribution in [0.2, 0.25) is 0 Å². The summed E-state index contributed by atoms with van der Waals surface area (Å²) in [6.45, 7) is 3.58. The average molecular weight is 489 g/mol. The minimum absolute atomic E-state index is 0.105. The van der Waals surface area contributed by atoms with Crippen LogP contribution >= 0.6 is 22.7 Å². The van der Waals surface area contributed by atoms with Gasteiger partial charge in [0, 0.05) is 21.7 Å². The molecular weight excluding hydrogens is 463 g/mol. The smallest absolute Gasteiger partial charge is 0.303 e. The SMILES string of the molecule is CC(C)(Cc1ccc(F)cc1)N(C(=O)c1ccc(-c2cccs2)s1)[C@@H](CCC(=O)O)C(N)=O. The van der Waals surface area contributed by atoms with E-state index in [4.69, 9.17) is 10.8 Å². The molecule has 0 unspecified atom stereocenters. The summed E-state index contributed by atoms with van der Waals surface area (Å²) in [6.07, 6.45) is -0.0969. The number of primary amides is 1. The van der Waals surface area contributed by atoms with Gasteiger partial charge < -0.3 is 15.7 Å². The lowest BCUT2D eigenvalue weighted by Crippen LogP contribution is -2.58. The molecule has 0 saturated carbocycles. The Balaban J connectivity index is 1.99. The first-order valence-electron chi connectivity index (χ1n) is 10.3. The summed E-state index contributed by atoms with van der Waals surface area (Å²) >= 11 is 2.86. The van der Waals surface area contributed by atoms with Crippen molar-refractivity contribution in [2.75, 3.05) is 0 Å². The second-order valence-corrected chi connectivity index (χ2v) is 10.3. The number of nitrogens with zero attached hydrogens (tertiary/aromatic N) is 1. The maximum Gasteiger partial charge on any atom is 0.303 e. The van der Waals surface area contributed by atoms with Gasteiger partial charge in [0.05, 0.1) is 4.88 Å². The second-order valence-electron chi connectivity index (χ2n) is 8.28. The standard InChI is InChI=1S/C24H25FN2O4S2/c1-24(2,14-15-5-7-16(25)8-6-15)27(17(22(26)30)9-12-21(28)29)23(31)20-11-10-19(33-20)18-4-3-13-32-18/h3-8,10-11,13,17H,9,12,14H2,1-2H3,(H2,26,30)(H,28,29)/t17-/m0/s1. The molecule has 174 valence electrons. The summed E-state index contributed by atoms with van der Waals surface area (Å²) < 4.78 is 13.4. The Hall–Kier alpha value is -3.04. The van der Waals surface area contributed by atoms with Crippen molar-refractivity contribution in [1.82, 2.24) is 4.90 Å². The molecule has 0 saturated heterocycles. The number of benzene rings is 1. The van der Waals surface area contributed by atoms with Crippen molar-refractivity contribution in [2.24, 2.45) is 5.73 Å². The number of amides is 2. The van der Waals surface area contributed by atoms with Crippen LogP contribution in [-0.4, -0.2) is 39.4 Å². The molecule has 1 atom stereocenters. The highest BCUT2D eigenvalue weighted by Crippen LogP contribution is 2.34. The van der Waals surface area contributed by atoms with E-state index in [0.717, 1.165) is 15.3 Å². The predicted octanol–water partition coefficient (Wildman–Crippen LogP) is 4.80. The van der Waals surface area contributed by atoms with Crippen molar-refractivity contribution < 1.29 is 23.9 Å². The van der Waals surface area contributed by atoms with Crippen LogP contribution in [0.1, 0.15) is 41.9 Å². The van der Waals surface area contributed by atoms with Crippen molar-refractivity contribution >= 4 is 40.5 Å². The highest BCUT2D eigenvalue weighted by atomic mass is 32.1. The maximum absolute atomic E-state index is 13.7. The molecule has 2 heterocycles. The van der Waals surface area contributed by atoms with E-state index in [0.29, 0.717) is 11.3 Å². The molecule has 3 N–H and O–H groups in total. The van der Waals surface area contributed by atoms with E-state index in [1.807, 2.05) is 23.6 Å². The molecule has 0 aliphatic heterocycles. The summed E-state index contributed by atoms with van der Waals surface area (Å²) in [5.41, 5.74) is 5.51. The number of rotatable bonds is 10. The van der Waals surface area contributed by atoms with Crippen LogP contribution in [-0.2, 0) is 16.0 Å². The monoisotopic (exact) mass is 488 g/mol. The van der Waals surface area contributed by atoms with Gasteiger partial charge in [-0.25, -0.2) is 4.39 Å². The molecule has 1 aromatic carbocycles. The normalized spacial score (nSPS) is 12.3. The van der Waals surface area contributed by atoms with Gasteiger partial charge in [-0.2, -0.15) is 0 Å². The number of hydrogen-bond acceptors (Lipinski definition) is 5. The molecule has 0 aliphatic carbocycles. The van der Waals surface area contributed by atoms with Crippen LogP contribution in [0, 0.1) is 5.82 Å². The summed E-state index contributed by atoms with van der Waals surface area (Å²) in [6, 6.07) is 12.2. The average Bonchev–Trinajstić information content (AvgIpc) is 3.43. The highest BCUT2D eigenvalue weighted by molar-refractivity contribution is 7.22. The number of aliphatic carboxylic acids is 1. The molecule has 33 heavy (non-hydrogen) atoms. The molecule has 0 spiro atoms. The maximum atomic E-state index is 13.7. The van der Waals surface area contributed by atoms with E-state index < -0.39 is 29.4 Å². The second kappa shape index (κ2) is 10.3. The first-order valence-corrected chi connectivity index (χ1v) is 12.0.